The van der Waals surface area contributed by atoms with E-state index in [-0.39, 0.29) is 16.2 Å². The zero-order valence-electron chi connectivity index (χ0n) is 44.6. The van der Waals surface area contributed by atoms with Crippen molar-refractivity contribution in [2.45, 2.75) is 57.8 Å². The van der Waals surface area contributed by atoms with Gasteiger partial charge in [0, 0.05) is 44.7 Å². The van der Waals surface area contributed by atoms with Crippen LogP contribution in [0.5, 0.6) is 0 Å². The SMILES string of the molecule is CC1(C)c2ccccc2-c2ccc(N(c3ccc(-c4ccccc4)cc3)c3ccc(-c4ccc(N(c5ccc(-c6ccccc6)cc5)c5ccc6c(c5)C(C)(C)c5ccccc5-6)c5c4-c4ccccc4C5(C)C)cc3)cc21. The van der Waals surface area contributed by atoms with E-state index in [4.69, 9.17) is 0 Å². The van der Waals surface area contributed by atoms with Crippen molar-refractivity contribution in [3.8, 4) is 66.8 Å². The average Bonchev–Trinajstić information content (AvgIpc) is 4.22. The van der Waals surface area contributed by atoms with Crippen LogP contribution in [-0.4, -0.2) is 0 Å². The van der Waals surface area contributed by atoms with Gasteiger partial charge in [0.1, 0.15) is 0 Å². The van der Waals surface area contributed by atoms with Gasteiger partial charge in [-0.1, -0.05) is 230 Å². The second-order valence-electron chi connectivity index (χ2n) is 22.9. The Hall–Kier alpha value is -8.98. The lowest BCUT2D eigenvalue weighted by Gasteiger charge is -2.33. The van der Waals surface area contributed by atoms with Crippen LogP contribution in [0.15, 0.2) is 255 Å². The quantitative estimate of drug-likeness (QED) is 0.142. The summed E-state index contributed by atoms with van der Waals surface area (Å²) in [6, 6.07) is 95.0. The first-order valence-corrected chi connectivity index (χ1v) is 27.2. The molecule has 0 bridgehead atoms. The van der Waals surface area contributed by atoms with E-state index in [0.717, 1.165) is 28.4 Å². The number of fused-ring (bicyclic) bond motifs is 9. The molecule has 0 unspecified atom stereocenters. The maximum absolute atomic E-state index is 2.53. The summed E-state index contributed by atoms with van der Waals surface area (Å²) in [7, 11) is 0. The second-order valence-corrected chi connectivity index (χ2v) is 22.9. The summed E-state index contributed by atoms with van der Waals surface area (Å²) in [5.41, 5.74) is 29.5. The summed E-state index contributed by atoms with van der Waals surface area (Å²) in [6.45, 7) is 14.3. The molecule has 3 aliphatic rings. The Labute approximate surface area is 454 Å². The molecule has 0 amide bonds. The third-order valence-corrected chi connectivity index (χ3v) is 17.5. The molecule has 0 aromatic heterocycles. The highest BCUT2D eigenvalue weighted by Gasteiger charge is 2.42. The van der Waals surface area contributed by atoms with Gasteiger partial charge >= 0.3 is 0 Å². The minimum atomic E-state index is -0.310. The first-order chi connectivity index (χ1) is 37.5. The van der Waals surface area contributed by atoms with Gasteiger partial charge in [-0.25, -0.2) is 0 Å². The highest BCUT2D eigenvalue weighted by molar-refractivity contribution is 5.99. The van der Waals surface area contributed by atoms with Crippen molar-refractivity contribution in [3.05, 3.63) is 288 Å². The highest BCUT2D eigenvalue weighted by atomic mass is 15.2. The van der Waals surface area contributed by atoms with E-state index < -0.39 is 0 Å². The van der Waals surface area contributed by atoms with Crippen molar-refractivity contribution in [2.75, 3.05) is 9.80 Å². The van der Waals surface area contributed by atoms with E-state index >= 15 is 0 Å². The van der Waals surface area contributed by atoms with Crippen LogP contribution in [0.4, 0.5) is 34.1 Å². The average molecular weight is 989 g/mol. The fourth-order valence-electron chi connectivity index (χ4n) is 13.5. The van der Waals surface area contributed by atoms with Crippen LogP contribution in [0, 0.1) is 0 Å². The van der Waals surface area contributed by atoms with E-state index in [2.05, 4.69) is 306 Å². The Morgan fingerprint density at radius 1 is 0.234 bits per heavy atom. The van der Waals surface area contributed by atoms with Crippen LogP contribution in [0.1, 0.15) is 74.9 Å². The van der Waals surface area contributed by atoms with Crippen molar-refractivity contribution in [2.24, 2.45) is 0 Å². The summed E-state index contributed by atoms with van der Waals surface area (Å²) in [4.78, 5) is 4.96. The van der Waals surface area contributed by atoms with Gasteiger partial charge in [0.15, 0.2) is 0 Å². The first kappa shape index (κ1) is 46.5. The molecular weight excluding hydrogens is 929 g/mol. The number of nitrogens with zero attached hydrogens (tertiary/aromatic N) is 2. The van der Waals surface area contributed by atoms with Crippen molar-refractivity contribution in [1.29, 1.82) is 0 Å². The topological polar surface area (TPSA) is 6.48 Å². The van der Waals surface area contributed by atoms with Crippen LogP contribution in [0.25, 0.3) is 66.8 Å². The third kappa shape index (κ3) is 7.30. The van der Waals surface area contributed by atoms with E-state index in [9.17, 15) is 0 Å². The first-order valence-electron chi connectivity index (χ1n) is 27.2. The smallest absolute Gasteiger partial charge is 0.0509 e. The largest absolute Gasteiger partial charge is 0.310 e. The van der Waals surface area contributed by atoms with Gasteiger partial charge in [0.05, 0.1) is 5.69 Å². The van der Waals surface area contributed by atoms with Crippen molar-refractivity contribution in [1.82, 2.24) is 0 Å². The van der Waals surface area contributed by atoms with E-state index in [1.165, 1.54) is 106 Å². The van der Waals surface area contributed by atoms with Gasteiger partial charge < -0.3 is 9.80 Å². The molecule has 0 heterocycles. The van der Waals surface area contributed by atoms with Gasteiger partial charge in [-0.3, -0.25) is 0 Å². The Bertz CT molecular complexity index is 4090. The molecule has 0 radical (unpaired) electrons. The van der Waals surface area contributed by atoms with Crippen LogP contribution in [-0.2, 0) is 16.2 Å². The van der Waals surface area contributed by atoms with Gasteiger partial charge in [0.2, 0.25) is 0 Å². The molecule has 11 aromatic rings. The van der Waals surface area contributed by atoms with Gasteiger partial charge in [-0.15, -0.1) is 0 Å². The summed E-state index contributed by atoms with van der Waals surface area (Å²) in [5.74, 6) is 0. The molecule has 0 fully saturated rings. The fourth-order valence-corrected chi connectivity index (χ4v) is 13.5. The predicted molar refractivity (Wildman–Crippen MR) is 325 cm³/mol. The normalized spacial score (nSPS) is 14.4. The Balaban J connectivity index is 0.919. The monoisotopic (exact) mass is 988 g/mol. The minimum absolute atomic E-state index is 0.130. The molecule has 0 aliphatic heterocycles. The number of rotatable bonds is 9. The molecule has 3 aliphatic carbocycles. The molecule has 2 nitrogen and oxygen atoms in total. The molecule has 14 rings (SSSR count). The molecule has 0 saturated carbocycles. The van der Waals surface area contributed by atoms with Gasteiger partial charge in [-0.05, 0) is 167 Å². The Morgan fingerprint density at radius 3 is 1.05 bits per heavy atom. The Morgan fingerprint density at radius 2 is 0.571 bits per heavy atom. The maximum atomic E-state index is 2.53. The number of hydrogen-bond acceptors (Lipinski definition) is 2. The lowest BCUT2D eigenvalue weighted by Crippen LogP contribution is -2.21. The van der Waals surface area contributed by atoms with E-state index in [1.807, 2.05) is 0 Å². The standard InChI is InChI=1S/C75H60N2/c1-73(2)65-26-16-13-23-60(65)62-43-41-57(47-68(62)73)76(54-35-29-51(30-36-54)49-19-9-7-10-20-49)55-39-33-53(34-40-55)59-45-46-70(72-71(59)64-25-15-18-28-67(64)75(72,5)6)77(56-37-31-52(32-38-56)50-21-11-8-12-22-50)58-42-44-63-61-24-14-17-27-66(61)74(3,4)69(63)48-58/h7-48H,1-6H3. The van der Waals surface area contributed by atoms with Crippen molar-refractivity contribution in [3.63, 3.8) is 0 Å². The number of anilines is 6. The summed E-state index contributed by atoms with van der Waals surface area (Å²) in [5, 5.41) is 0. The molecule has 0 saturated heterocycles. The minimum Gasteiger partial charge on any atom is -0.310 e. The maximum Gasteiger partial charge on any atom is 0.0509 e. The Kier molecular flexibility index (Phi) is 10.6. The zero-order chi connectivity index (χ0) is 52.2. The molecule has 0 spiro atoms. The molecular formula is C75H60N2. The van der Waals surface area contributed by atoms with Crippen molar-refractivity contribution >= 4 is 34.1 Å². The van der Waals surface area contributed by atoms with Gasteiger partial charge in [-0.2, -0.15) is 0 Å². The summed E-state index contributed by atoms with van der Waals surface area (Å²) < 4.78 is 0. The van der Waals surface area contributed by atoms with Crippen LogP contribution >= 0.6 is 0 Å². The fraction of sp³-hybridized carbons (Fsp3) is 0.120. The second kappa shape index (κ2) is 17.5. The number of hydrogen-bond donors (Lipinski definition) is 0. The lowest BCUT2D eigenvalue weighted by molar-refractivity contribution is 0.658. The van der Waals surface area contributed by atoms with E-state index in [1.54, 1.807) is 0 Å². The van der Waals surface area contributed by atoms with Gasteiger partial charge in [0.25, 0.3) is 0 Å². The predicted octanol–water partition coefficient (Wildman–Crippen LogP) is 20.5. The molecule has 2 heteroatoms. The summed E-state index contributed by atoms with van der Waals surface area (Å²) in [6.07, 6.45) is 0. The van der Waals surface area contributed by atoms with Crippen molar-refractivity contribution < 1.29 is 0 Å². The molecule has 0 atom stereocenters. The van der Waals surface area contributed by atoms with Crippen LogP contribution in [0.2, 0.25) is 0 Å². The zero-order valence-corrected chi connectivity index (χ0v) is 44.6. The molecule has 77 heavy (non-hydrogen) atoms. The third-order valence-electron chi connectivity index (χ3n) is 17.5. The number of benzene rings is 11. The molecule has 370 valence electrons. The highest BCUT2D eigenvalue weighted by Crippen LogP contribution is 2.59. The molecule has 0 N–H and O–H groups in total. The lowest BCUT2D eigenvalue weighted by atomic mass is 9.80. The molecule has 11 aromatic carbocycles. The van der Waals surface area contributed by atoms with Crippen LogP contribution in [0.3, 0.4) is 0 Å². The van der Waals surface area contributed by atoms with E-state index in [0.29, 0.717) is 0 Å². The van der Waals surface area contributed by atoms with Crippen LogP contribution < -0.4 is 9.80 Å². The summed E-state index contributed by atoms with van der Waals surface area (Å²) >= 11 is 0.